The molecule has 0 atom stereocenters. The van der Waals surface area contributed by atoms with Crippen LogP contribution in [0.15, 0.2) is 29.6 Å². The fraction of sp³-hybridized carbons (Fsp3) is 0.286. The molecule has 3 rings (SSSR count). The summed E-state index contributed by atoms with van der Waals surface area (Å²) in [5.74, 6) is 0. The van der Waals surface area contributed by atoms with E-state index in [0.29, 0.717) is 31.2 Å². The molecule has 1 aliphatic rings. The number of hydrogen-bond donors (Lipinski definition) is 1. The highest BCUT2D eigenvalue weighted by Gasteiger charge is 2.22. The fourth-order valence-electron chi connectivity index (χ4n) is 2.28. The highest BCUT2D eigenvalue weighted by Crippen LogP contribution is 2.29. The number of anilines is 1. The maximum absolute atomic E-state index is 10.9. The topological polar surface area (TPSA) is 56.7 Å². The zero-order chi connectivity index (χ0) is 14.8. The van der Waals surface area contributed by atoms with E-state index in [1.807, 2.05) is 29.6 Å². The summed E-state index contributed by atoms with van der Waals surface area (Å²) in [6.45, 7) is 2.38. The SMILES string of the molecule is O=C(O)N1CCN(c2nc(-c3cccc(Cl)c3)cs2)CC1. The summed E-state index contributed by atoms with van der Waals surface area (Å²) in [5.41, 5.74) is 1.90. The summed E-state index contributed by atoms with van der Waals surface area (Å²) in [4.78, 5) is 19.1. The van der Waals surface area contributed by atoms with Gasteiger partial charge in [0, 0.05) is 42.1 Å². The molecule has 7 heteroatoms. The Kier molecular flexibility index (Phi) is 3.98. The van der Waals surface area contributed by atoms with E-state index >= 15 is 0 Å². The number of halogens is 1. The van der Waals surface area contributed by atoms with Crippen LogP contribution in [0.3, 0.4) is 0 Å². The molecule has 0 bridgehead atoms. The maximum atomic E-state index is 10.9. The molecule has 5 nitrogen and oxygen atoms in total. The van der Waals surface area contributed by atoms with Gasteiger partial charge in [0.15, 0.2) is 5.13 Å². The van der Waals surface area contributed by atoms with Gasteiger partial charge in [0.25, 0.3) is 0 Å². The molecule has 1 amide bonds. The zero-order valence-electron chi connectivity index (χ0n) is 11.2. The monoisotopic (exact) mass is 323 g/mol. The lowest BCUT2D eigenvalue weighted by Crippen LogP contribution is -2.48. The minimum absolute atomic E-state index is 0.515. The number of rotatable bonds is 2. The lowest BCUT2D eigenvalue weighted by atomic mass is 10.2. The smallest absolute Gasteiger partial charge is 0.407 e. The van der Waals surface area contributed by atoms with Crippen molar-refractivity contribution in [3.8, 4) is 11.3 Å². The van der Waals surface area contributed by atoms with Crippen LogP contribution in [0.25, 0.3) is 11.3 Å². The number of amides is 1. The van der Waals surface area contributed by atoms with Crippen molar-refractivity contribution in [2.45, 2.75) is 0 Å². The molecule has 1 aromatic heterocycles. The molecule has 21 heavy (non-hydrogen) atoms. The summed E-state index contributed by atoms with van der Waals surface area (Å²) < 4.78 is 0. The lowest BCUT2D eigenvalue weighted by molar-refractivity contribution is 0.142. The number of carbonyl (C=O) groups is 1. The predicted octanol–water partition coefficient (Wildman–Crippen LogP) is 3.26. The lowest BCUT2D eigenvalue weighted by Gasteiger charge is -2.32. The van der Waals surface area contributed by atoms with E-state index < -0.39 is 6.09 Å². The molecule has 1 aliphatic heterocycles. The largest absolute Gasteiger partial charge is 0.465 e. The Morgan fingerprint density at radius 3 is 2.71 bits per heavy atom. The number of thiazole rings is 1. The number of piperazine rings is 1. The van der Waals surface area contributed by atoms with Gasteiger partial charge in [-0.3, -0.25) is 0 Å². The first-order chi connectivity index (χ1) is 10.1. The molecule has 2 aromatic rings. The molecule has 0 unspecified atom stereocenters. The second kappa shape index (κ2) is 5.91. The minimum atomic E-state index is -0.853. The second-order valence-corrected chi connectivity index (χ2v) is 6.06. The zero-order valence-corrected chi connectivity index (χ0v) is 12.8. The Morgan fingerprint density at radius 1 is 1.29 bits per heavy atom. The maximum Gasteiger partial charge on any atom is 0.407 e. The molecule has 1 fully saturated rings. The molecule has 0 aliphatic carbocycles. The average molecular weight is 324 g/mol. The van der Waals surface area contributed by atoms with E-state index in [2.05, 4.69) is 9.88 Å². The van der Waals surface area contributed by atoms with Gasteiger partial charge in [-0.2, -0.15) is 0 Å². The molecule has 0 spiro atoms. The Labute approximate surface area is 131 Å². The third-order valence-electron chi connectivity index (χ3n) is 3.43. The van der Waals surface area contributed by atoms with Crippen molar-refractivity contribution in [1.29, 1.82) is 0 Å². The first kappa shape index (κ1) is 14.2. The predicted molar refractivity (Wildman–Crippen MR) is 84.4 cm³/mol. The molecular formula is C14H14ClN3O2S. The third-order valence-corrected chi connectivity index (χ3v) is 4.57. The normalized spacial score (nSPS) is 15.3. The summed E-state index contributed by atoms with van der Waals surface area (Å²) in [6, 6.07) is 7.61. The van der Waals surface area contributed by atoms with Crippen molar-refractivity contribution < 1.29 is 9.90 Å². The highest BCUT2D eigenvalue weighted by atomic mass is 35.5. The first-order valence-electron chi connectivity index (χ1n) is 6.58. The van der Waals surface area contributed by atoms with Crippen molar-refractivity contribution >= 4 is 34.2 Å². The van der Waals surface area contributed by atoms with Crippen LogP contribution in [0.2, 0.25) is 5.02 Å². The summed E-state index contributed by atoms with van der Waals surface area (Å²) in [6.07, 6.45) is -0.853. The van der Waals surface area contributed by atoms with Crippen LogP contribution in [0.5, 0.6) is 0 Å². The van der Waals surface area contributed by atoms with Crippen molar-refractivity contribution in [2.75, 3.05) is 31.1 Å². The number of nitrogens with zero attached hydrogens (tertiary/aromatic N) is 3. The third kappa shape index (κ3) is 3.11. The van der Waals surface area contributed by atoms with Crippen molar-refractivity contribution in [2.24, 2.45) is 0 Å². The van der Waals surface area contributed by atoms with Gasteiger partial charge in [-0.15, -0.1) is 11.3 Å². The number of hydrogen-bond acceptors (Lipinski definition) is 4. The van der Waals surface area contributed by atoms with Crippen LogP contribution >= 0.6 is 22.9 Å². The Bertz CT molecular complexity index is 653. The van der Waals surface area contributed by atoms with E-state index in [9.17, 15) is 4.79 Å². The average Bonchev–Trinajstić information content (AvgIpc) is 2.97. The molecule has 0 radical (unpaired) electrons. The van der Waals surface area contributed by atoms with Crippen LogP contribution in [0.1, 0.15) is 0 Å². The fourth-order valence-corrected chi connectivity index (χ4v) is 3.36. The summed E-state index contributed by atoms with van der Waals surface area (Å²) >= 11 is 7.57. The second-order valence-electron chi connectivity index (χ2n) is 4.78. The summed E-state index contributed by atoms with van der Waals surface area (Å²) in [7, 11) is 0. The summed E-state index contributed by atoms with van der Waals surface area (Å²) in [5, 5.41) is 12.6. The number of aromatic nitrogens is 1. The van der Waals surface area contributed by atoms with Gasteiger partial charge in [0.1, 0.15) is 0 Å². The van der Waals surface area contributed by atoms with Crippen LogP contribution in [0.4, 0.5) is 9.93 Å². The first-order valence-corrected chi connectivity index (χ1v) is 7.83. The van der Waals surface area contributed by atoms with Crippen LogP contribution in [-0.4, -0.2) is 47.3 Å². The van der Waals surface area contributed by atoms with E-state index in [1.165, 1.54) is 4.90 Å². The standard InChI is InChI=1S/C14H14ClN3O2S/c15-11-3-1-2-10(8-11)12-9-21-13(16-12)17-4-6-18(7-5-17)14(19)20/h1-3,8-9H,4-7H2,(H,19,20). The molecule has 0 saturated carbocycles. The van der Waals surface area contributed by atoms with Gasteiger partial charge in [-0.25, -0.2) is 9.78 Å². The Balaban J connectivity index is 1.73. The van der Waals surface area contributed by atoms with Crippen LogP contribution in [-0.2, 0) is 0 Å². The molecule has 1 N–H and O–H groups in total. The van der Waals surface area contributed by atoms with Crippen molar-refractivity contribution in [1.82, 2.24) is 9.88 Å². The van der Waals surface area contributed by atoms with Gasteiger partial charge >= 0.3 is 6.09 Å². The van der Waals surface area contributed by atoms with Crippen LogP contribution in [0, 0.1) is 0 Å². The van der Waals surface area contributed by atoms with Gasteiger partial charge < -0.3 is 14.9 Å². The van der Waals surface area contributed by atoms with Crippen molar-refractivity contribution in [3.05, 3.63) is 34.7 Å². The number of benzene rings is 1. The van der Waals surface area contributed by atoms with Gasteiger partial charge in [0.2, 0.25) is 0 Å². The molecule has 1 saturated heterocycles. The number of carboxylic acid groups (broad SMARTS) is 1. The van der Waals surface area contributed by atoms with Crippen molar-refractivity contribution in [3.63, 3.8) is 0 Å². The van der Waals surface area contributed by atoms with Gasteiger partial charge in [-0.05, 0) is 12.1 Å². The van der Waals surface area contributed by atoms with Gasteiger partial charge in [-0.1, -0.05) is 23.7 Å². The quantitative estimate of drug-likeness (QED) is 0.921. The van der Waals surface area contributed by atoms with Gasteiger partial charge in [0.05, 0.1) is 5.69 Å². The van der Waals surface area contributed by atoms with E-state index in [1.54, 1.807) is 11.3 Å². The minimum Gasteiger partial charge on any atom is -0.465 e. The molecule has 110 valence electrons. The van der Waals surface area contributed by atoms with E-state index in [-0.39, 0.29) is 0 Å². The molecule has 1 aromatic carbocycles. The molecular weight excluding hydrogens is 310 g/mol. The Morgan fingerprint density at radius 2 is 2.05 bits per heavy atom. The molecule has 2 heterocycles. The van der Waals surface area contributed by atoms with E-state index in [4.69, 9.17) is 16.7 Å². The highest BCUT2D eigenvalue weighted by molar-refractivity contribution is 7.14. The van der Waals surface area contributed by atoms with E-state index in [0.717, 1.165) is 16.4 Å². The Hall–Kier alpha value is -1.79. The van der Waals surface area contributed by atoms with Crippen LogP contribution < -0.4 is 4.90 Å².